The van der Waals surface area contributed by atoms with Crippen molar-refractivity contribution in [2.75, 3.05) is 0 Å². The molecule has 0 aromatic carbocycles. The largest absolute Gasteiger partial charge is 0.294 e. The molecule has 1 rings (SSSR count). The van der Waals surface area contributed by atoms with Crippen molar-refractivity contribution in [3.63, 3.8) is 0 Å². The maximum atomic E-state index is 11.8. The van der Waals surface area contributed by atoms with E-state index in [1.54, 1.807) is 0 Å². The quantitative estimate of drug-likeness (QED) is 0.680. The van der Waals surface area contributed by atoms with Crippen LogP contribution in [0, 0.1) is 0 Å². The van der Waals surface area contributed by atoms with Crippen molar-refractivity contribution in [1.29, 1.82) is 0 Å². The van der Waals surface area contributed by atoms with Gasteiger partial charge in [-0.3, -0.25) is 4.79 Å². The molecular weight excluding hydrogens is 184 g/mol. The van der Waals surface area contributed by atoms with Gasteiger partial charge in [0, 0.05) is 12.0 Å². The van der Waals surface area contributed by atoms with Gasteiger partial charge in [0.1, 0.15) is 0 Å². The number of carbonyl (C=O) groups is 1. The number of carbonyl (C=O) groups excluding carboxylic acids is 1. The zero-order valence-electron chi connectivity index (χ0n) is 9.75. The second kappa shape index (κ2) is 6.39. The first kappa shape index (κ1) is 12.0. The predicted molar refractivity (Wildman–Crippen MR) is 64.7 cm³/mol. The molecule has 15 heavy (non-hydrogen) atoms. The molecule has 1 aliphatic rings. The summed E-state index contributed by atoms with van der Waals surface area (Å²) in [5, 5.41) is 0. The summed E-state index contributed by atoms with van der Waals surface area (Å²) in [5.74, 6) is 0.307. The second-order valence-electron chi connectivity index (χ2n) is 3.88. The van der Waals surface area contributed by atoms with E-state index in [0.717, 1.165) is 31.3 Å². The molecule has 82 valence electrons. The van der Waals surface area contributed by atoms with Crippen LogP contribution in [0.3, 0.4) is 0 Å². The summed E-state index contributed by atoms with van der Waals surface area (Å²) in [7, 11) is 0. The van der Waals surface area contributed by atoms with E-state index < -0.39 is 0 Å². The number of Topliss-reactive ketones (excluding diaryl/α,β-unsaturated/α-hetero) is 1. The van der Waals surface area contributed by atoms with Crippen molar-refractivity contribution in [2.24, 2.45) is 0 Å². The van der Waals surface area contributed by atoms with Gasteiger partial charge in [-0.2, -0.15) is 0 Å². The first-order valence-corrected chi connectivity index (χ1v) is 5.85. The fourth-order valence-corrected chi connectivity index (χ4v) is 1.85. The summed E-state index contributed by atoms with van der Waals surface area (Å²) in [6.45, 7) is 4.08. The highest BCUT2D eigenvalue weighted by molar-refractivity contribution is 5.99. The van der Waals surface area contributed by atoms with Crippen molar-refractivity contribution < 1.29 is 4.79 Å². The molecule has 0 aromatic rings. The van der Waals surface area contributed by atoms with Gasteiger partial charge in [0.2, 0.25) is 0 Å². The third-order valence-electron chi connectivity index (χ3n) is 2.63. The summed E-state index contributed by atoms with van der Waals surface area (Å²) in [6.07, 6.45) is 13.1. The van der Waals surface area contributed by atoms with E-state index in [1.807, 2.05) is 19.1 Å². The average Bonchev–Trinajstić information content (AvgIpc) is 2.40. The van der Waals surface area contributed by atoms with E-state index in [4.69, 9.17) is 0 Å². The molecule has 0 fully saturated rings. The van der Waals surface area contributed by atoms with Crippen molar-refractivity contribution in [2.45, 2.75) is 46.0 Å². The van der Waals surface area contributed by atoms with Gasteiger partial charge < -0.3 is 0 Å². The standard InChI is InChI=1S/C14H20O/c1-3-5-9-12-10-6-7-11-14(15)13(12)8-4-2/h4-5,8-9H,3,6-7,10-11H2,1-2H3/b8-4-,9-5-. The highest BCUT2D eigenvalue weighted by Crippen LogP contribution is 2.23. The molecule has 1 aliphatic carbocycles. The van der Waals surface area contributed by atoms with Crippen molar-refractivity contribution in [3.8, 4) is 0 Å². The lowest BCUT2D eigenvalue weighted by Crippen LogP contribution is -2.00. The van der Waals surface area contributed by atoms with Gasteiger partial charge in [-0.25, -0.2) is 0 Å². The first-order chi connectivity index (χ1) is 7.29. The first-order valence-electron chi connectivity index (χ1n) is 5.85. The summed E-state index contributed by atoms with van der Waals surface area (Å²) in [5.41, 5.74) is 2.15. The number of hydrogen-bond donors (Lipinski definition) is 0. The maximum Gasteiger partial charge on any atom is 0.163 e. The minimum absolute atomic E-state index is 0.307. The van der Waals surface area contributed by atoms with Crippen LogP contribution in [0.4, 0.5) is 0 Å². The van der Waals surface area contributed by atoms with Gasteiger partial charge in [-0.05, 0) is 38.2 Å². The zero-order valence-corrected chi connectivity index (χ0v) is 9.75. The molecule has 0 radical (unpaired) electrons. The molecule has 0 aromatic heterocycles. The van der Waals surface area contributed by atoms with Crippen LogP contribution in [-0.4, -0.2) is 5.78 Å². The Kier molecular flexibility index (Phi) is 5.09. The number of hydrogen-bond acceptors (Lipinski definition) is 1. The Balaban J connectivity index is 3.01. The van der Waals surface area contributed by atoms with Crippen LogP contribution >= 0.6 is 0 Å². The number of ketones is 1. The minimum atomic E-state index is 0.307. The second-order valence-corrected chi connectivity index (χ2v) is 3.88. The molecule has 1 heteroatoms. The molecule has 0 saturated heterocycles. The predicted octanol–water partition coefficient (Wildman–Crippen LogP) is 3.97. The molecule has 0 spiro atoms. The smallest absolute Gasteiger partial charge is 0.163 e. The van der Waals surface area contributed by atoms with Gasteiger partial charge in [-0.1, -0.05) is 31.2 Å². The van der Waals surface area contributed by atoms with Gasteiger partial charge >= 0.3 is 0 Å². The summed E-state index contributed by atoms with van der Waals surface area (Å²) < 4.78 is 0. The number of rotatable bonds is 3. The van der Waals surface area contributed by atoms with E-state index in [9.17, 15) is 4.79 Å². The summed E-state index contributed by atoms with van der Waals surface area (Å²) in [4.78, 5) is 11.8. The number of allylic oxidation sites excluding steroid dienone is 6. The molecule has 0 N–H and O–H groups in total. The monoisotopic (exact) mass is 204 g/mol. The highest BCUT2D eigenvalue weighted by Gasteiger charge is 2.14. The van der Waals surface area contributed by atoms with E-state index in [0.29, 0.717) is 12.2 Å². The lowest BCUT2D eigenvalue weighted by Gasteiger charge is -2.03. The highest BCUT2D eigenvalue weighted by atomic mass is 16.1. The molecule has 0 aliphatic heterocycles. The van der Waals surface area contributed by atoms with Gasteiger partial charge in [0.05, 0.1) is 0 Å². The van der Waals surface area contributed by atoms with Crippen molar-refractivity contribution in [3.05, 3.63) is 35.5 Å². The van der Waals surface area contributed by atoms with Crippen LogP contribution in [0.5, 0.6) is 0 Å². The summed E-state index contributed by atoms with van der Waals surface area (Å²) >= 11 is 0. The fourth-order valence-electron chi connectivity index (χ4n) is 1.85. The van der Waals surface area contributed by atoms with E-state index in [2.05, 4.69) is 19.1 Å². The lowest BCUT2D eigenvalue weighted by molar-refractivity contribution is -0.115. The molecule has 0 atom stereocenters. The van der Waals surface area contributed by atoms with Crippen molar-refractivity contribution >= 4 is 5.78 Å². The van der Waals surface area contributed by atoms with Gasteiger partial charge in [0.15, 0.2) is 5.78 Å². The van der Waals surface area contributed by atoms with Gasteiger partial charge in [-0.15, -0.1) is 0 Å². The molecule has 0 saturated carbocycles. The molecular formula is C14H20O. The van der Waals surface area contributed by atoms with E-state index in [-0.39, 0.29) is 0 Å². The normalized spacial score (nSPS) is 19.2. The topological polar surface area (TPSA) is 17.1 Å². The Labute approximate surface area is 92.6 Å². The third-order valence-corrected chi connectivity index (χ3v) is 2.63. The molecule has 1 nitrogen and oxygen atoms in total. The van der Waals surface area contributed by atoms with Crippen LogP contribution in [0.15, 0.2) is 35.5 Å². The van der Waals surface area contributed by atoms with Crippen LogP contribution in [0.1, 0.15) is 46.0 Å². The van der Waals surface area contributed by atoms with Crippen LogP contribution < -0.4 is 0 Å². The van der Waals surface area contributed by atoms with E-state index in [1.165, 1.54) is 5.57 Å². The molecule has 0 heterocycles. The summed E-state index contributed by atoms with van der Waals surface area (Å²) in [6, 6.07) is 0. The zero-order chi connectivity index (χ0) is 11.1. The lowest BCUT2D eigenvalue weighted by atomic mass is 10.0. The van der Waals surface area contributed by atoms with Crippen LogP contribution in [-0.2, 0) is 4.79 Å². The Morgan fingerprint density at radius 3 is 2.60 bits per heavy atom. The fraction of sp³-hybridized carbons (Fsp3) is 0.500. The van der Waals surface area contributed by atoms with E-state index >= 15 is 0 Å². The van der Waals surface area contributed by atoms with Gasteiger partial charge in [0.25, 0.3) is 0 Å². The minimum Gasteiger partial charge on any atom is -0.294 e. The third kappa shape index (κ3) is 3.50. The molecule has 0 bridgehead atoms. The van der Waals surface area contributed by atoms with Crippen molar-refractivity contribution in [1.82, 2.24) is 0 Å². The maximum absolute atomic E-state index is 11.8. The average molecular weight is 204 g/mol. The Hall–Kier alpha value is -1.11. The Bertz CT molecular complexity index is 305. The SMILES string of the molecule is C/C=C\C1=C(/C=C\CC)CCCCC1=O. The molecule has 0 unspecified atom stereocenters. The molecule has 0 amide bonds. The van der Waals surface area contributed by atoms with Crippen LogP contribution in [0.2, 0.25) is 0 Å². The van der Waals surface area contributed by atoms with Crippen LogP contribution in [0.25, 0.3) is 0 Å². The Morgan fingerprint density at radius 2 is 1.93 bits per heavy atom. The Morgan fingerprint density at radius 1 is 1.20 bits per heavy atom.